The highest BCUT2D eigenvalue weighted by molar-refractivity contribution is 5.85. The summed E-state index contributed by atoms with van der Waals surface area (Å²) in [6.45, 7) is 5.64. The van der Waals surface area contributed by atoms with Crippen molar-refractivity contribution in [3.05, 3.63) is 0 Å². The lowest BCUT2D eigenvalue weighted by atomic mass is 10.0. The van der Waals surface area contributed by atoms with Gasteiger partial charge < -0.3 is 15.4 Å². The van der Waals surface area contributed by atoms with Crippen LogP contribution < -0.4 is 10.6 Å². The molecule has 18 heavy (non-hydrogen) atoms. The molecule has 1 heterocycles. The maximum absolute atomic E-state index is 11.8. The highest BCUT2D eigenvalue weighted by atomic mass is 35.5. The van der Waals surface area contributed by atoms with E-state index in [-0.39, 0.29) is 30.2 Å². The zero-order valence-electron chi connectivity index (χ0n) is 11.2. The third kappa shape index (κ3) is 5.23. The topological polar surface area (TPSA) is 67.4 Å². The molecule has 1 aliphatic heterocycles. The molecule has 0 aromatic heterocycles. The van der Waals surface area contributed by atoms with Crippen molar-refractivity contribution in [1.82, 2.24) is 10.6 Å². The van der Waals surface area contributed by atoms with Crippen LogP contribution in [0.3, 0.4) is 0 Å². The Morgan fingerprint density at radius 2 is 2.11 bits per heavy atom. The Morgan fingerprint density at radius 3 is 2.56 bits per heavy atom. The summed E-state index contributed by atoms with van der Waals surface area (Å²) in [7, 11) is 1.34. The largest absolute Gasteiger partial charge is 0.467 e. The van der Waals surface area contributed by atoms with Crippen LogP contribution in [0.1, 0.15) is 26.7 Å². The van der Waals surface area contributed by atoms with E-state index in [1.54, 1.807) is 0 Å². The van der Waals surface area contributed by atoms with Crippen molar-refractivity contribution in [2.75, 3.05) is 20.2 Å². The van der Waals surface area contributed by atoms with Crippen molar-refractivity contribution in [2.45, 2.75) is 32.7 Å². The van der Waals surface area contributed by atoms with Gasteiger partial charge in [0.15, 0.2) is 0 Å². The summed E-state index contributed by atoms with van der Waals surface area (Å²) >= 11 is 0. The first kappa shape index (κ1) is 17.2. The molecule has 1 aliphatic rings. The summed E-state index contributed by atoms with van der Waals surface area (Å²) in [4.78, 5) is 23.3. The molecule has 2 atom stereocenters. The summed E-state index contributed by atoms with van der Waals surface area (Å²) in [6, 6.07) is -0.540. The zero-order chi connectivity index (χ0) is 12.8. The van der Waals surface area contributed by atoms with Crippen molar-refractivity contribution in [3.63, 3.8) is 0 Å². The molecule has 1 amide bonds. The van der Waals surface area contributed by atoms with Gasteiger partial charge in [0, 0.05) is 6.42 Å². The molecule has 0 radical (unpaired) electrons. The number of methoxy groups -OCH3 is 1. The van der Waals surface area contributed by atoms with Crippen LogP contribution >= 0.6 is 12.4 Å². The molecule has 1 rings (SSSR count). The van der Waals surface area contributed by atoms with E-state index < -0.39 is 6.04 Å². The summed E-state index contributed by atoms with van der Waals surface area (Å²) < 4.78 is 4.68. The minimum Gasteiger partial charge on any atom is -0.467 e. The van der Waals surface area contributed by atoms with Crippen LogP contribution in [-0.2, 0) is 14.3 Å². The monoisotopic (exact) mass is 278 g/mol. The molecule has 106 valence electrons. The minimum absolute atomic E-state index is 0. The van der Waals surface area contributed by atoms with Gasteiger partial charge in [0.25, 0.3) is 0 Å². The van der Waals surface area contributed by atoms with Gasteiger partial charge in [0.1, 0.15) is 6.04 Å². The Kier molecular flexibility index (Phi) is 7.95. The summed E-state index contributed by atoms with van der Waals surface area (Å²) in [5.41, 5.74) is 0. The summed E-state index contributed by atoms with van der Waals surface area (Å²) in [5.74, 6) is -0.0192. The lowest BCUT2D eigenvalue weighted by molar-refractivity contribution is -0.146. The Balaban J connectivity index is 0.00000289. The SMILES string of the molecule is COC(=O)C(NC(=O)CC1CCNC1)C(C)C.Cl. The van der Waals surface area contributed by atoms with Crippen LogP contribution in [0.25, 0.3) is 0 Å². The fraction of sp³-hybridized carbons (Fsp3) is 0.833. The van der Waals surface area contributed by atoms with E-state index in [9.17, 15) is 9.59 Å². The second-order valence-corrected chi connectivity index (χ2v) is 4.88. The van der Waals surface area contributed by atoms with E-state index in [2.05, 4.69) is 15.4 Å². The zero-order valence-corrected chi connectivity index (χ0v) is 12.0. The number of hydrogen-bond acceptors (Lipinski definition) is 4. The first-order valence-corrected chi connectivity index (χ1v) is 6.12. The van der Waals surface area contributed by atoms with Gasteiger partial charge in [-0.3, -0.25) is 4.79 Å². The maximum atomic E-state index is 11.8. The Bertz CT molecular complexity index is 278. The van der Waals surface area contributed by atoms with E-state index in [4.69, 9.17) is 0 Å². The lowest BCUT2D eigenvalue weighted by Gasteiger charge is -2.20. The number of rotatable bonds is 5. The van der Waals surface area contributed by atoms with Gasteiger partial charge in [-0.15, -0.1) is 12.4 Å². The maximum Gasteiger partial charge on any atom is 0.328 e. The number of esters is 1. The highest BCUT2D eigenvalue weighted by Crippen LogP contribution is 2.12. The van der Waals surface area contributed by atoms with Crippen LogP contribution in [0.5, 0.6) is 0 Å². The predicted octanol–water partition coefficient (Wildman–Crippen LogP) is 0.722. The standard InChI is InChI=1S/C12H22N2O3.ClH/c1-8(2)11(12(16)17-3)14-10(15)6-9-4-5-13-7-9;/h8-9,11,13H,4-7H2,1-3H3,(H,14,15);1H. The van der Waals surface area contributed by atoms with Gasteiger partial charge in [0.05, 0.1) is 7.11 Å². The van der Waals surface area contributed by atoms with Crippen molar-refractivity contribution in [3.8, 4) is 0 Å². The first-order valence-electron chi connectivity index (χ1n) is 6.12. The molecule has 0 aromatic rings. The quantitative estimate of drug-likeness (QED) is 0.728. The van der Waals surface area contributed by atoms with Gasteiger partial charge in [-0.05, 0) is 31.3 Å². The summed E-state index contributed by atoms with van der Waals surface area (Å²) in [6.07, 6.45) is 1.51. The number of carbonyl (C=O) groups excluding carboxylic acids is 2. The second kappa shape index (κ2) is 8.32. The average Bonchev–Trinajstić information content (AvgIpc) is 2.77. The van der Waals surface area contributed by atoms with Gasteiger partial charge in [-0.2, -0.15) is 0 Å². The van der Waals surface area contributed by atoms with Gasteiger partial charge >= 0.3 is 5.97 Å². The smallest absolute Gasteiger partial charge is 0.328 e. The molecule has 0 bridgehead atoms. The van der Waals surface area contributed by atoms with Crippen LogP contribution in [0, 0.1) is 11.8 Å². The Labute approximate surface area is 114 Å². The second-order valence-electron chi connectivity index (χ2n) is 4.88. The van der Waals surface area contributed by atoms with E-state index in [0.29, 0.717) is 12.3 Å². The third-order valence-corrected chi connectivity index (χ3v) is 3.07. The van der Waals surface area contributed by atoms with E-state index >= 15 is 0 Å². The van der Waals surface area contributed by atoms with Crippen molar-refractivity contribution < 1.29 is 14.3 Å². The van der Waals surface area contributed by atoms with Crippen LogP contribution in [0.4, 0.5) is 0 Å². The van der Waals surface area contributed by atoms with Crippen molar-refractivity contribution in [1.29, 1.82) is 0 Å². The van der Waals surface area contributed by atoms with Crippen molar-refractivity contribution in [2.24, 2.45) is 11.8 Å². The fourth-order valence-corrected chi connectivity index (χ4v) is 2.01. The minimum atomic E-state index is -0.540. The molecule has 2 N–H and O–H groups in total. The summed E-state index contributed by atoms with van der Waals surface area (Å²) in [5, 5.41) is 5.97. The molecular formula is C12H23ClN2O3. The molecule has 0 saturated carbocycles. The lowest BCUT2D eigenvalue weighted by Crippen LogP contribution is -2.45. The number of halogens is 1. The number of amides is 1. The van der Waals surface area contributed by atoms with E-state index in [1.165, 1.54) is 7.11 Å². The molecule has 0 aromatic carbocycles. The molecule has 5 nitrogen and oxygen atoms in total. The first-order chi connectivity index (χ1) is 8.04. The Hall–Kier alpha value is -0.810. The molecule has 1 saturated heterocycles. The predicted molar refractivity (Wildman–Crippen MR) is 71.6 cm³/mol. The van der Waals surface area contributed by atoms with E-state index in [1.807, 2.05) is 13.8 Å². The molecule has 6 heteroatoms. The Morgan fingerprint density at radius 1 is 1.44 bits per heavy atom. The third-order valence-electron chi connectivity index (χ3n) is 3.07. The molecule has 1 fully saturated rings. The average molecular weight is 279 g/mol. The number of hydrogen-bond donors (Lipinski definition) is 2. The number of nitrogens with one attached hydrogen (secondary N) is 2. The molecule has 2 unspecified atom stereocenters. The van der Waals surface area contributed by atoms with Gasteiger partial charge in [-0.1, -0.05) is 13.8 Å². The fourth-order valence-electron chi connectivity index (χ4n) is 2.01. The normalized spacial score (nSPS) is 20.1. The number of ether oxygens (including phenoxy) is 1. The van der Waals surface area contributed by atoms with E-state index in [0.717, 1.165) is 19.5 Å². The molecular weight excluding hydrogens is 256 g/mol. The molecule has 0 spiro atoms. The van der Waals surface area contributed by atoms with Crippen molar-refractivity contribution >= 4 is 24.3 Å². The number of carbonyl (C=O) groups is 2. The van der Waals surface area contributed by atoms with Crippen LogP contribution in [-0.4, -0.2) is 38.1 Å². The van der Waals surface area contributed by atoms with Crippen LogP contribution in [0.2, 0.25) is 0 Å². The van der Waals surface area contributed by atoms with Gasteiger partial charge in [-0.25, -0.2) is 4.79 Å². The molecule has 0 aliphatic carbocycles. The van der Waals surface area contributed by atoms with Crippen LogP contribution in [0.15, 0.2) is 0 Å². The highest BCUT2D eigenvalue weighted by Gasteiger charge is 2.26. The van der Waals surface area contributed by atoms with Gasteiger partial charge in [0.2, 0.25) is 5.91 Å².